The van der Waals surface area contributed by atoms with Gasteiger partial charge in [0.25, 0.3) is 5.91 Å². The zero-order valence-electron chi connectivity index (χ0n) is 19.0. The van der Waals surface area contributed by atoms with Crippen LogP contribution in [0.2, 0.25) is 0 Å². The predicted molar refractivity (Wildman–Crippen MR) is 132 cm³/mol. The molecule has 10 heteroatoms. The molecule has 1 atom stereocenters. The van der Waals surface area contributed by atoms with Gasteiger partial charge in [-0.25, -0.2) is 4.79 Å². The highest BCUT2D eigenvalue weighted by molar-refractivity contribution is 8.00. The third-order valence-corrected chi connectivity index (χ3v) is 7.53. The third kappa shape index (κ3) is 4.37. The molecule has 2 heterocycles. The second kappa shape index (κ2) is 9.46. The van der Waals surface area contributed by atoms with E-state index in [-0.39, 0.29) is 36.4 Å². The molecule has 2 amide bonds. The number of aliphatic carboxylic acids is 1. The Balaban J connectivity index is 1.28. The second-order valence-corrected chi connectivity index (χ2v) is 9.74. The zero-order chi connectivity index (χ0) is 24.5. The number of fused-ring (bicyclic) bond motifs is 3. The van der Waals surface area contributed by atoms with Crippen LogP contribution in [0.3, 0.4) is 0 Å². The minimum absolute atomic E-state index is 0.0837. The summed E-state index contributed by atoms with van der Waals surface area (Å²) in [5.41, 5.74) is 4.67. The molecular formula is C25H24N4O5S. The number of ether oxygens (including phenoxy) is 1. The number of aromatic nitrogens is 2. The van der Waals surface area contributed by atoms with Gasteiger partial charge in [0.05, 0.1) is 6.20 Å². The first-order chi connectivity index (χ1) is 16.9. The van der Waals surface area contributed by atoms with Crippen molar-refractivity contribution in [2.75, 3.05) is 30.8 Å². The van der Waals surface area contributed by atoms with E-state index in [4.69, 9.17) is 4.74 Å². The van der Waals surface area contributed by atoms with Crippen molar-refractivity contribution in [1.29, 1.82) is 0 Å². The summed E-state index contributed by atoms with van der Waals surface area (Å²) in [6, 6.07) is 16.1. The Labute approximate surface area is 206 Å². The first kappa shape index (κ1) is 23.0. The molecule has 1 unspecified atom stereocenters. The number of amides is 2. The maximum absolute atomic E-state index is 13.1. The Morgan fingerprint density at radius 2 is 1.77 bits per heavy atom. The van der Waals surface area contributed by atoms with Gasteiger partial charge in [0.2, 0.25) is 0 Å². The highest BCUT2D eigenvalue weighted by Gasteiger charge is 2.32. The van der Waals surface area contributed by atoms with Crippen LogP contribution in [0.4, 0.5) is 10.6 Å². The molecule has 180 valence electrons. The van der Waals surface area contributed by atoms with Gasteiger partial charge >= 0.3 is 12.1 Å². The Morgan fingerprint density at radius 1 is 1.11 bits per heavy atom. The van der Waals surface area contributed by atoms with Gasteiger partial charge < -0.3 is 14.7 Å². The van der Waals surface area contributed by atoms with Crippen LogP contribution < -0.4 is 5.32 Å². The topological polar surface area (TPSA) is 114 Å². The lowest BCUT2D eigenvalue weighted by atomic mass is 9.98. The first-order valence-corrected chi connectivity index (χ1v) is 12.3. The van der Waals surface area contributed by atoms with Gasteiger partial charge in [-0.15, -0.1) is 11.8 Å². The fourth-order valence-corrected chi connectivity index (χ4v) is 5.67. The largest absolute Gasteiger partial charge is 0.480 e. The highest BCUT2D eigenvalue weighted by Crippen LogP contribution is 2.44. The summed E-state index contributed by atoms with van der Waals surface area (Å²) < 4.78 is 6.99. The highest BCUT2D eigenvalue weighted by atomic mass is 32.2. The van der Waals surface area contributed by atoms with E-state index in [9.17, 15) is 19.5 Å². The molecule has 1 fully saturated rings. The number of benzene rings is 2. The SMILES string of the molecule is Cn1ncc(C(=O)N2CCSC(C(=O)O)C2)c1NC(=O)OCC1c2ccccc2-c2ccccc21. The average Bonchev–Trinajstić information content (AvgIpc) is 3.40. The molecule has 0 bridgehead atoms. The summed E-state index contributed by atoms with van der Waals surface area (Å²) in [6.45, 7) is 0.662. The van der Waals surface area contributed by atoms with E-state index in [1.807, 2.05) is 36.4 Å². The fourth-order valence-electron chi connectivity index (χ4n) is 4.63. The molecule has 5 rings (SSSR count). The molecule has 1 saturated heterocycles. The molecule has 9 nitrogen and oxygen atoms in total. The smallest absolute Gasteiger partial charge is 0.412 e. The van der Waals surface area contributed by atoms with Gasteiger partial charge in [0.15, 0.2) is 0 Å². The number of carbonyl (C=O) groups is 3. The molecule has 0 radical (unpaired) electrons. The summed E-state index contributed by atoms with van der Waals surface area (Å²) >= 11 is 1.31. The van der Waals surface area contributed by atoms with Crippen molar-refractivity contribution >= 4 is 35.5 Å². The molecule has 2 aromatic carbocycles. The van der Waals surface area contributed by atoms with Gasteiger partial charge in [0, 0.05) is 31.8 Å². The van der Waals surface area contributed by atoms with E-state index < -0.39 is 17.3 Å². The van der Waals surface area contributed by atoms with Crippen molar-refractivity contribution in [3.8, 4) is 11.1 Å². The van der Waals surface area contributed by atoms with Crippen LogP contribution in [-0.2, 0) is 16.6 Å². The number of thioether (sulfide) groups is 1. The predicted octanol–water partition coefficient (Wildman–Crippen LogP) is 3.42. The molecule has 35 heavy (non-hydrogen) atoms. The molecule has 1 aliphatic carbocycles. The van der Waals surface area contributed by atoms with E-state index in [1.54, 1.807) is 7.05 Å². The summed E-state index contributed by atoms with van der Waals surface area (Å²) in [7, 11) is 1.61. The maximum Gasteiger partial charge on any atom is 0.412 e. The molecule has 0 saturated carbocycles. The van der Waals surface area contributed by atoms with Crippen molar-refractivity contribution in [3.05, 3.63) is 71.4 Å². The van der Waals surface area contributed by atoms with E-state index in [1.165, 1.54) is 27.5 Å². The summed E-state index contributed by atoms with van der Waals surface area (Å²) in [5, 5.41) is 15.4. The van der Waals surface area contributed by atoms with Crippen LogP contribution in [0.1, 0.15) is 27.4 Å². The van der Waals surface area contributed by atoms with Crippen molar-refractivity contribution in [2.45, 2.75) is 11.2 Å². The lowest BCUT2D eigenvalue weighted by molar-refractivity contribution is -0.136. The minimum Gasteiger partial charge on any atom is -0.480 e. The number of carboxylic acid groups (broad SMARTS) is 1. The van der Waals surface area contributed by atoms with Crippen LogP contribution in [-0.4, -0.2) is 68.5 Å². The summed E-state index contributed by atoms with van der Waals surface area (Å²) in [6.07, 6.45) is 0.681. The third-order valence-electron chi connectivity index (χ3n) is 6.36. The van der Waals surface area contributed by atoms with Gasteiger partial charge in [0.1, 0.15) is 23.2 Å². The van der Waals surface area contributed by atoms with E-state index >= 15 is 0 Å². The molecule has 2 N–H and O–H groups in total. The number of anilines is 1. The average molecular weight is 493 g/mol. The van der Waals surface area contributed by atoms with Crippen molar-refractivity contribution in [3.63, 3.8) is 0 Å². The molecule has 1 aromatic heterocycles. The fraction of sp³-hybridized carbons (Fsp3) is 0.280. The van der Waals surface area contributed by atoms with Crippen molar-refractivity contribution in [1.82, 2.24) is 14.7 Å². The second-order valence-electron chi connectivity index (χ2n) is 8.43. The zero-order valence-corrected chi connectivity index (χ0v) is 19.8. The first-order valence-electron chi connectivity index (χ1n) is 11.2. The number of hydrogen-bond acceptors (Lipinski definition) is 6. The molecule has 0 spiro atoms. The Kier molecular flexibility index (Phi) is 6.21. The summed E-state index contributed by atoms with van der Waals surface area (Å²) in [4.78, 5) is 38.7. The van der Waals surface area contributed by atoms with Gasteiger partial charge in [-0.05, 0) is 22.3 Å². The van der Waals surface area contributed by atoms with Crippen LogP contribution in [0, 0.1) is 0 Å². The van der Waals surface area contributed by atoms with Gasteiger partial charge in [-0.3, -0.25) is 19.6 Å². The molecule has 1 aliphatic heterocycles. The summed E-state index contributed by atoms with van der Waals surface area (Å²) in [5.74, 6) is -0.677. The molecular weight excluding hydrogens is 468 g/mol. The number of carboxylic acids is 1. The number of nitrogens with zero attached hydrogens (tertiary/aromatic N) is 3. The lowest BCUT2D eigenvalue weighted by Crippen LogP contribution is -2.44. The standard InChI is InChI=1S/C25H24N4O5S/c1-28-22(19(12-26-28)23(30)29-10-11-35-21(13-29)24(31)32)27-25(33)34-14-20-17-8-4-2-6-15(17)16-7-3-5-9-18(16)20/h2-9,12,20-21H,10-11,13-14H2,1H3,(H,27,33)(H,31,32). The van der Waals surface area contributed by atoms with E-state index in [0.29, 0.717) is 12.3 Å². The Morgan fingerprint density at radius 3 is 2.43 bits per heavy atom. The van der Waals surface area contributed by atoms with Gasteiger partial charge in [-0.2, -0.15) is 5.10 Å². The maximum atomic E-state index is 13.1. The monoisotopic (exact) mass is 492 g/mol. The van der Waals surface area contributed by atoms with Crippen LogP contribution in [0.5, 0.6) is 0 Å². The number of nitrogens with one attached hydrogen (secondary N) is 1. The number of rotatable bonds is 5. The van der Waals surface area contributed by atoms with Crippen LogP contribution in [0.25, 0.3) is 11.1 Å². The van der Waals surface area contributed by atoms with Crippen molar-refractivity contribution in [2.24, 2.45) is 7.05 Å². The van der Waals surface area contributed by atoms with Crippen molar-refractivity contribution < 1.29 is 24.2 Å². The minimum atomic E-state index is -0.948. The van der Waals surface area contributed by atoms with E-state index in [0.717, 1.165) is 22.3 Å². The number of hydrogen-bond donors (Lipinski definition) is 2. The van der Waals surface area contributed by atoms with Crippen LogP contribution in [0.15, 0.2) is 54.7 Å². The molecule has 2 aliphatic rings. The quantitative estimate of drug-likeness (QED) is 0.561. The number of aryl methyl sites for hydroxylation is 1. The van der Waals surface area contributed by atoms with Crippen LogP contribution >= 0.6 is 11.8 Å². The normalized spacial score (nSPS) is 16.9. The Bertz CT molecular complexity index is 1260. The van der Waals surface area contributed by atoms with Gasteiger partial charge in [-0.1, -0.05) is 48.5 Å². The number of carbonyl (C=O) groups excluding carboxylic acids is 2. The van der Waals surface area contributed by atoms with E-state index in [2.05, 4.69) is 22.5 Å². The lowest BCUT2D eigenvalue weighted by Gasteiger charge is -2.30. The Hall–Kier alpha value is -3.79. The molecule has 3 aromatic rings.